The summed E-state index contributed by atoms with van der Waals surface area (Å²) >= 11 is 12.7. The highest BCUT2D eigenvalue weighted by atomic mass is 35.5. The summed E-state index contributed by atoms with van der Waals surface area (Å²) in [4.78, 5) is 27.1. The van der Waals surface area contributed by atoms with Crippen LogP contribution in [0.15, 0.2) is 72.8 Å². The molecule has 4 aromatic rings. The van der Waals surface area contributed by atoms with Crippen LogP contribution in [0.3, 0.4) is 0 Å². The van der Waals surface area contributed by atoms with Gasteiger partial charge in [0.2, 0.25) is 5.91 Å². The minimum Gasteiger partial charge on any atom is -0.333 e. The molecule has 3 aromatic carbocycles. The molecule has 1 saturated carbocycles. The number of fused-ring (bicyclic) bond motifs is 6. The van der Waals surface area contributed by atoms with Gasteiger partial charge in [0, 0.05) is 18.5 Å². The lowest BCUT2D eigenvalue weighted by molar-refractivity contribution is -0.142. The van der Waals surface area contributed by atoms with Crippen molar-refractivity contribution < 1.29 is 4.79 Å². The fourth-order valence-electron chi connectivity index (χ4n) is 6.65. The van der Waals surface area contributed by atoms with Crippen molar-refractivity contribution in [2.45, 2.75) is 57.5 Å². The number of amides is 1. The van der Waals surface area contributed by atoms with E-state index in [1.54, 1.807) is 12.1 Å². The van der Waals surface area contributed by atoms with Gasteiger partial charge in [-0.3, -0.25) is 4.79 Å². The molecule has 2 aliphatic rings. The van der Waals surface area contributed by atoms with Gasteiger partial charge in [-0.2, -0.15) is 0 Å². The standard InChI is InChI=1S/C31H29Cl2N3O/c1-29(2)30(3)14-15-31(29,27-26(30)34-24-16-22(32)23(33)17-25(24)35-27)28(37)36(18-20-10-6-4-7-11-20)19-21-12-8-5-9-13-21/h4-13,16-17H,14-15,18-19H2,1-3H3. The van der Waals surface area contributed by atoms with Gasteiger partial charge in [-0.25, -0.2) is 9.97 Å². The molecule has 0 spiro atoms. The molecule has 188 valence electrons. The molecule has 0 radical (unpaired) electrons. The summed E-state index contributed by atoms with van der Waals surface area (Å²) < 4.78 is 0. The minimum atomic E-state index is -0.784. The zero-order valence-electron chi connectivity index (χ0n) is 21.3. The Bertz CT molecular complexity index is 1480. The number of hydrogen-bond donors (Lipinski definition) is 0. The van der Waals surface area contributed by atoms with Crippen molar-refractivity contribution in [2.24, 2.45) is 5.41 Å². The molecule has 0 aliphatic heterocycles. The van der Waals surface area contributed by atoms with Gasteiger partial charge in [0.1, 0.15) is 0 Å². The van der Waals surface area contributed by atoms with E-state index in [-0.39, 0.29) is 16.7 Å². The van der Waals surface area contributed by atoms with Crippen LogP contribution in [0.2, 0.25) is 10.0 Å². The second-order valence-electron chi connectivity index (χ2n) is 11.2. The van der Waals surface area contributed by atoms with Crippen molar-refractivity contribution in [3.8, 4) is 0 Å². The normalized spacial score (nSPS) is 23.3. The Labute approximate surface area is 227 Å². The van der Waals surface area contributed by atoms with Gasteiger partial charge in [-0.05, 0) is 41.5 Å². The first-order valence-electron chi connectivity index (χ1n) is 12.7. The molecular formula is C31H29Cl2N3O. The van der Waals surface area contributed by atoms with E-state index in [0.717, 1.165) is 35.4 Å². The Morgan fingerprint density at radius 1 is 0.784 bits per heavy atom. The number of hydrogen-bond acceptors (Lipinski definition) is 3. The highest BCUT2D eigenvalue weighted by Gasteiger charge is 2.73. The van der Waals surface area contributed by atoms with Crippen molar-refractivity contribution in [1.82, 2.24) is 14.9 Å². The van der Waals surface area contributed by atoms with Crippen molar-refractivity contribution >= 4 is 40.1 Å². The molecule has 2 atom stereocenters. The molecular weight excluding hydrogens is 501 g/mol. The number of halogens is 2. The lowest BCUT2D eigenvalue weighted by Gasteiger charge is -2.42. The number of carbonyl (C=O) groups is 1. The molecule has 1 fully saturated rings. The number of benzene rings is 3. The van der Waals surface area contributed by atoms with Gasteiger partial charge in [-0.15, -0.1) is 0 Å². The third-order valence-corrected chi connectivity index (χ3v) is 9.89. The maximum Gasteiger partial charge on any atom is 0.236 e. The zero-order valence-corrected chi connectivity index (χ0v) is 22.8. The third kappa shape index (κ3) is 3.45. The summed E-state index contributed by atoms with van der Waals surface area (Å²) in [6.45, 7) is 7.73. The minimum absolute atomic E-state index is 0.112. The Hall–Kier alpha value is -2.95. The maximum absolute atomic E-state index is 14.9. The molecule has 0 saturated heterocycles. The van der Waals surface area contributed by atoms with Gasteiger partial charge in [-0.1, -0.05) is 105 Å². The zero-order chi connectivity index (χ0) is 26.0. The van der Waals surface area contributed by atoms with E-state index in [1.165, 1.54) is 0 Å². The van der Waals surface area contributed by atoms with Crippen LogP contribution in [0, 0.1) is 5.41 Å². The predicted molar refractivity (Wildman–Crippen MR) is 149 cm³/mol. The lowest BCUT2D eigenvalue weighted by Crippen LogP contribution is -2.52. The maximum atomic E-state index is 14.9. The summed E-state index contributed by atoms with van der Waals surface area (Å²) in [5.74, 6) is 0.112. The van der Waals surface area contributed by atoms with Crippen LogP contribution < -0.4 is 0 Å². The van der Waals surface area contributed by atoms with Crippen molar-refractivity contribution in [2.75, 3.05) is 0 Å². The summed E-state index contributed by atoms with van der Waals surface area (Å²) in [5, 5.41) is 0.894. The first kappa shape index (κ1) is 24.4. The van der Waals surface area contributed by atoms with E-state index in [2.05, 4.69) is 45.0 Å². The van der Waals surface area contributed by atoms with E-state index >= 15 is 0 Å². The van der Waals surface area contributed by atoms with Crippen molar-refractivity contribution in [1.29, 1.82) is 0 Å². The fourth-order valence-corrected chi connectivity index (χ4v) is 6.96. The molecule has 37 heavy (non-hydrogen) atoms. The molecule has 1 aromatic heterocycles. The summed E-state index contributed by atoms with van der Waals surface area (Å²) in [7, 11) is 0. The second-order valence-corrected chi connectivity index (χ2v) is 12.0. The summed E-state index contributed by atoms with van der Waals surface area (Å²) in [5.41, 5.74) is 3.86. The topological polar surface area (TPSA) is 46.1 Å². The first-order valence-corrected chi connectivity index (χ1v) is 13.5. The van der Waals surface area contributed by atoms with E-state index in [4.69, 9.17) is 33.2 Å². The van der Waals surface area contributed by atoms with E-state index in [9.17, 15) is 4.79 Å². The molecule has 4 nitrogen and oxygen atoms in total. The lowest BCUT2D eigenvalue weighted by atomic mass is 9.63. The molecule has 2 bridgehead atoms. The smallest absolute Gasteiger partial charge is 0.236 e. The quantitative estimate of drug-likeness (QED) is 0.269. The van der Waals surface area contributed by atoms with Crippen LogP contribution in [0.25, 0.3) is 11.0 Å². The Balaban J connectivity index is 1.52. The highest BCUT2D eigenvalue weighted by Crippen LogP contribution is 2.70. The third-order valence-electron chi connectivity index (χ3n) is 9.16. The number of nitrogens with zero attached hydrogens (tertiary/aromatic N) is 3. The molecule has 2 aliphatic carbocycles. The Kier molecular flexibility index (Phi) is 5.63. The van der Waals surface area contributed by atoms with E-state index in [1.807, 2.05) is 41.3 Å². The SMILES string of the molecule is CC12CCC(C(=O)N(Cc3ccccc3)Cc3ccccc3)(c3nc4cc(Cl)c(Cl)cc4nc31)C2(C)C. The van der Waals surface area contributed by atoms with Crippen molar-refractivity contribution in [3.63, 3.8) is 0 Å². The van der Waals surface area contributed by atoms with E-state index < -0.39 is 5.41 Å². The Morgan fingerprint density at radius 2 is 1.27 bits per heavy atom. The fraction of sp³-hybridized carbons (Fsp3) is 0.323. The van der Waals surface area contributed by atoms with Gasteiger partial charge >= 0.3 is 0 Å². The van der Waals surface area contributed by atoms with Gasteiger partial charge < -0.3 is 4.90 Å². The first-order chi connectivity index (χ1) is 17.7. The molecule has 1 heterocycles. The average molecular weight is 530 g/mol. The number of aromatic nitrogens is 2. The van der Waals surface area contributed by atoms with Crippen molar-refractivity contribution in [3.05, 3.63) is 105 Å². The predicted octanol–water partition coefficient (Wildman–Crippen LogP) is 7.49. The number of rotatable bonds is 5. The van der Waals surface area contributed by atoms with Gasteiger partial charge in [0.25, 0.3) is 0 Å². The monoisotopic (exact) mass is 529 g/mol. The second kappa shape index (κ2) is 8.54. The highest BCUT2D eigenvalue weighted by molar-refractivity contribution is 6.42. The van der Waals surface area contributed by atoms with Crippen LogP contribution in [0.4, 0.5) is 0 Å². The average Bonchev–Trinajstić information content (AvgIpc) is 3.18. The van der Waals surface area contributed by atoms with E-state index in [0.29, 0.717) is 34.2 Å². The molecule has 0 N–H and O–H groups in total. The van der Waals surface area contributed by atoms with Crippen LogP contribution in [-0.4, -0.2) is 20.8 Å². The molecule has 2 unspecified atom stereocenters. The summed E-state index contributed by atoms with van der Waals surface area (Å²) in [6, 6.07) is 23.9. The largest absolute Gasteiger partial charge is 0.333 e. The van der Waals surface area contributed by atoms with Gasteiger partial charge in [0.15, 0.2) is 0 Å². The summed E-state index contributed by atoms with van der Waals surface area (Å²) in [6.07, 6.45) is 1.62. The van der Waals surface area contributed by atoms with Crippen LogP contribution in [-0.2, 0) is 28.7 Å². The van der Waals surface area contributed by atoms with Crippen LogP contribution >= 0.6 is 23.2 Å². The molecule has 1 amide bonds. The van der Waals surface area contributed by atoms with Crippen LogP contribution in [0.1, 0.15) is 56.1 Å². The molecule has 6 rings (SSSR count). The van der Waals surface area contributed by atoms with Gasteiger partial charge in [0.05, 0.1) is 37.9 Å². The molecule has 6 heteroatoms. The Morgan fingerprint density at radius 3 is 1.78 bits per heavy atom. The van der Waals surface area contributed by atoms with Crippen LogP contribution in [0.5, 0.6) is 0 Å². The number of carbonyl (C=O) groups excluding carboxylic acids is 1.